The normalized spacial score (nSPS) is 15.4. The first-order valence-electron chi connectivity index (χ1n) is 5.49. The van der Waals surface area contributed by atoms with E-state index in [1.807, 2.05) is 6.92 Å². The molecule has 0 aromatic heterocycles. The van der Waals surface area contributed by atoms with Gasteiger partial charge in [0.15, 0.2) is 0 Å². The Morgan fingerprint density at radius 1 is 1.47 bits per heavy atom. The zero-order valence-corrected chi connectivity index (χ0v) is 9.50. The zero-order chi connectivity index (χ0) is 12.4. The van der Waals surface area contributed by atoms with E-state index in [1.54, 1.807) is 6.07 Å². The number of rotatable bonds is 3. The number of nitrogens with zero attached hydrogens (tertiary/aromatic N) is 1. The van der Waals surface area contributed by atoms with E-state index in [-0.39, 0.29) is 0 Å². The third kappa shape index (κ3) is 2.19. The van der Waals surface area contributed by atoms with Crippen molar-refractivity contribution in [2.45, 2.75) is 13.3 Å². The Labute approximate surface area is 98.3 Å². The summed E-state index contributed by atoms with van der Waals surface area (Å²) in [6, 6.07) is 4.07. The molecule has 0 unspecified atom stereocenters. The topological polar surface area (TPSA) is 55.2 Å². The average molecular weight is 236 g/mol. The SMILES string of the molecule is CCC1=C(c2ccc(F)c([N+](=O)[O-])c2)CNC1. The molecule has 0 bridgehead atoms. The quantitative estimate of drug-likeness (QED) is 0.648. The van der Waals surface area contributed by atoms with E-state index in [2.05, 4.69) is 5.32 Å². The summed E-state index contributed by atoms with van der Waals surface area (Å²) in [5.41, 5.74) is 2.55. The molecule has 17 heavy (non-hydrogen) atoms. The average Bonchev–Trinajstić information content (AvgIpc) is 2.77. The molecule has 1 aromatic rings. The van der Waals surface area contributed by atoms with Crippen LogP contribution in [-0.4, -0.2) is 18.0 Å². The highest BCUT2D eigenvalue weighted by atomic mass is 19.1. The van der Waals surface area contributed by atoms with Gasteiger partial charge in [0, 0.05) is 19.2 Å². The summed E-state index contributed by atoms with van der Waals surface area (Å²) in [5.74, 6) is -0.789. The van der Waals surface area contributed by atoms with E-state index in [4.69, 9.17) is 0 Å². The van der Waals surface area contributed by atoms with Crippen LogP contribution in [0.15, 0.2) is 23.8 Å². The van der Waals surface area contributed by atoms with E-state index in [9.17, 15) is 14.5 Å². The van der Waals surface area contributed by atoms with Gasteiger partial charge in [0.2, 0.25) is 5.82 Å². The first kappa shape index (κ1) is 11.7. The van der Waals surface area contributed by atoms with Crippen LogP contribution in [0.3, 0.4) is 0 Å². The maximum atomic E-state index is 13.2. The Hall–Kier alpha value is -1.75. The number of hydrogen-bond acceptors (Lipinski definition) is 3. The van der Waals surface area contributed by atoms with Gasteiger partial charge in [0.25, 0.3) is 0 Å². The third-order valence-electron chi connectivity index (χ3n) is 2.99. The predicted molar refractivity (Wildman–Crippen MR) is 63.1 cm³/mol. The van der Waals surface area contributed by atoms with Crippen LogP contribution >= 0.6 is 0 Å². The van der Waals surface area contributed by atoms with Gasteiger partial charge in [-0.05, 0) is 23.6 Å². The second-order valence-electron chi connectivity index (χ2n) is 3.96. The molecule has 1 aliphatic rings. The maximum absolute atomic E-state index is 13.2. The van der Waals surface area contributed by atoms with E-state index >= 15 is 0 Å². The summed E-state index contributed by atoms with van der Waals surface area (Å²) >= 11 is 0. The van der Waals surface area contributed by atoms with Crippen molar-refractivity contribution < 1.29 is 9.31 Å². The van der Waals surface area contributed by atoms with Gasteiger partial charge in [0.1, 0.15) is 0 Å². The fourth-order valence-electron chi connectivity index (χ4n) is 2.05. The van der Waals surface area contributed by atoms with Crippen molar-refractivity contribution in [3.05, 3.63) is 45.3 Å². The van der Waals surface area contributed by atoms with Gasteiger partial charge in [0.05, 0.1) is 4.92 Å². The Bertz CT molecular complexity index is 497. The van der Waals surface area contributed by atoms with Gasteiger partial charge in [-0.1, -0.05) is 18.6 Å². The van der Waals surface area contributed by atoms with Crippen molar-refractivity contribution in [1.82, 2.24) is 5.32 Å². The van der Waals surface area contributed by atoms with Crippen molar-refractivity contribution in [2.24, 2.45) is 0 Å². The minimum absolute atomic E-state index is 0.461. The van der Waals surface area contributed by atoms with E-state index in [0.717, 1.165) is 30.2 Å². The maximum Gasteiger partial charge on any atom is 0.305 e. The summed E-state index contributed by atoms with van der Waals surface area (Å²) in [7, 11) is 0. The summed E-state index contributed by atoms with van der Waals surface area (Å²) in [6.45, 7) is 3.53. The summed E-state index contributed by atoms with van der Waals surface area (Å²) in [5, 5.41) is 13.9. The van der Waals surface area contributed by atoms with Crippen LogP contribution in [0.5, 0.6) is 0 Å². The lowest BCUT2D eigenvalue weighted by Gasteiger charge is -2.05. The lowest BCUT2D eigenvalue weighted by molar-refractivity contribution is -0.387. The van der Waals surface area contributed by atoms with Crippen LogP contribution in [0.1, 0.15) is 18.9 Å². The minimum Gasteiger partial charge on any atom is -0.309 e. The Morgan fingerprint density at radius 2 is 2.24 bits per heavy atom. The molecule has 4 nitrogen and oxygen atoms in total. The Kier molecular flexibility index (Phi) is 3.19. The Balaban J connectivity index is 2.47. The third-order valence-corrected chi connectivity index (χ3v) is 2.99. The number of hydrogen-bond donors (Lipinski definition) is 1. The van der Waals surface area contributed by atoms with E-state index in [0.29, 0.717) is 6.54 Å². The highest BCUT2D eigenvalue weighted by Gasteiger charge is 2.19. The summed E-state index contributed by atoms with van der Waals surface area (Å²) < 4.78 is 13.2. The van der Waals surface area contributed by atoms with Crippen LogP contribution in [0.4, 0.5) is 10.1 Å². The van der Waals surface area contributed by atoms with Gasteiger partial charge >= 0.3 is 5.69 Å². The number of nitro benzene ring substituents is 1. The first-order valence-corrected chi connectivity index (χ1v) is 5.49. The molecule has 0 saturated heterocycles. The highest BCUT2D eigenvalue weighted by molar-refractivity contribution is 5.73. The molecule has 0 saturated carbocycles. The first-order chi connectivity index (χ1) is 8.13. The predicted octanol–water partition coefficient (Wildman–Crippen LogP) is 2.50. The molecule has 0 spiro atoms. The second kappa shape index (κ2) is 4.63. The number of nitro groups is 1. The Morgan fingerprint density at radius 3 is 2.88 bits per heavy atom. The lowest BCUT2D eigenvalue weighted by atomic mass is 10.0. The molecular formula is C12H13FN2O2. The van der Waals surface area contributed by atoms with Crippen molar-refractivity contribution in [1.29, 1.82) is 0 Å². The van der Waals surface area contributed by atoms with Crippen molar-refractivity contribution in [3.63, 3.8) is 0 Å². The van der Waals surface area contributed by atoms with Crippen LogP contribution in [-0.2, 0) is 0 Å². The van der Waals surface area contributed by atoms with Crippen molar-refractivity contribution in [3.8, 4) is 0 Å². The van der Waals surface area contributed by atoms with Crippen molar-refractivity contribution in [2.75, 3.05) is 13.1 Å². The second-order valence-corrected chi connectivity index (χ2v) is 3.96. The molecule has 5 heteroatoms. The largest absolute Gasteiger partial charge is 0.309 e. The fourth-order valence-corrected chi connectivity index (χ4v) is 2.05. The van der Waals surface area contributed by atoms with Gasteiger partial charge in [-0.25, -0.2) is 0 Å². The molecule has 1 N–H and O–H groups in total. The van der Waals surface area contributed by atoms with Crippen LogP contribution < -0.4 is 5.32 Å². The minimum atomic E-state index is -0.789. The molecule has 0 amide bonds. The van der Waals surface area contributed by atoms with E-state index in [1.165, 1.54) is 11.6 Å². The molecule has 1 aliphatic heterocycles. The van der Waals surface area contributed by atoms with Crippen molar-refractivity contribution >= 4 is 11.3 Å². The van der Waals surface area contributed by atoms with Gasteiger partial charge in [-0.3, -0.25) is 10.1 Å². The number of nitrogens with one attached hydrogen (secondary N) is 1. The van der Waals surface area contributed by atoms with E-state index < -0.39 is 16.4 Å². The molecular weight excluding hydrogens is 223 g/mol. The van der Waals surface area contributed by atoms with Crippen LogP contribution in [0, 0.1) is 15.9 Å². The van der Waals surface area contributed by atoms with Crippen LogP contribution in [0.25, 0.3) is 5.57 Å². The van der Waals surface area contributed by atoms with Gasteiger partial charge < -0.3 is 5.32 Å². The van der Waals surface area contributed by atoms with Gasteiger partial charge in [-0.15, -0.1) is 0 Å². The summed E-state index contributed by atoms with van der Waals surface area (Å²) in [4.78, 5) is 9.99. The molecule has 90 valence electrons. The highest BCUT2D eigenvalue weighted by Crippen LogP contribution is 2.28. The number of halogens is 1. The monoisotopic (exact) mass is 236 g/mol. The molecule has 0 radical (unpaired) electrons. The zero-order valence-electron chi connectivity index (χ0n) is 9.50. The molecule has 1 aromatic carbocycles. The summed E-state index contributed by atoms with van der Waals surface area (Å²) in [6.07, 6.45) is 0.896. The molecule has 0 aliphatic carbocycles. The lowest BCUT2D eigenvalue weighted by Crippen LogP contribution is -2.08. The number of benzene rings is 1. The molecule has 0 fully saturated rings. The smallest absolute Gasteiger partial charge is 0.305 e. The molecule has 2 rings (SSSR count). The molecule has 0 atom stereocenters. The molecule has 1 heterocycles. The fraction of sp³-hybridized carbons (Fsp3) is 0.333. The standard InChI is InChI=1S/C12H13FN2O2/c1-2-8-6-14-7-10(8)9-3-4-11(13)12(5-9)15(16)17/h3-5,14H,2,6-7H2,1H3. The van der Waals surface area contributed by atoms with Gasteiger partial charge in [-0.2, -0.15) is 4.39 Å². The van der Waals surface area contributed by atoms with Crippen LogP contribution in [0.2, 0.25) is 0 Å².